The lowest BCUT2D eigenvalue weighted by atomic mass is 10.1. The quantitative estimate of drug-likeness (QED) is 0.344. The fourth-order valence-corrected chi connectivity index (χ4v) is 4.31. The number of nitrogens with zero attached hydrogens (tertiary/aromatic N) is 6. The Kier molecular flexibility index (Phi) is 7.55. The Morgan fingerprint density at radius 1 is 1.08 bits per heavy atom. The van der Waals surface area contributed by atoms with Crippen molar-refractivity contribution >= 4 is 23.4 Å². The van der Waals surface area contributed by atoms with Gasteiger partial charge in [0.05, 0.1) is 18.4 Å². The van der Waals surface area contributed by atoms with Gasteiger partial charge in [0, 0.05) is 11.3 Å². The number of carbonyl (C=O) groups is 2. The summed E-state index contributed by atoms with van der Waals surface area (Å²) in [6.45, 7) is 1.93. The number of amides is 1. The van der Waals surface area contributed by atoms with E-state index in [1.54, 1.807) is 36.5 Å². The van der Waals surface area contributed by atoms with Crippen molar-refractivity contribution in [3.8, 4) is 11.4 Å². The molecule has 1 aliphatic heterocycles. The average Bonchev–Trinajstić information content (AvgIpc) is 3.44. The first-order chi connectivity index (χ1) is 18.9. The van der Waals surface area contributed by atoms with E-state index >= 15 is 0 Å². The molecule has 4 aromatic rings. The van der Waals surface area contributed by atoms with Crippen LogP contribution in [0.1, 0.15) is 41.0 Å². The molecule has 1 fully saturated rings. The first-order valence-electron chi connectivity index (χ1n) is 12.4. The van der Waals surface area contributed by atoms with Gasteiger partial charge in [0.2, 0.25) is 6.10 Å². The lowest BCUT2D eigenvalue weighted by molar-refractivity contribution is -0.125. The number of halogens is 1. The first kappa shape index (κ1) is 25.9. The zero-order chi connectivity index (χ0) is 27.4. The molecule has 11 nitrogen and oxygen atoms in total. The Morgan fingerprint density at radius 2 is 1.79 bits per heavy atom. The van der Waals surface area contributed by atoms with Crippen molar-refractivity contribution in [3.05, 3.63) is 84.1 Å². The van der Waals surface area contributed by atoms with E-state index in [4.69, 9.17) is 10.5 Å². The highest BCUT2D eigenvalue weighted by atomic mass is 19.1. The number of aromatic nitrogens is 5. The van der Waals surface area contributed by atoms with E-state index in [1.807, 2.05) is 4.68 Å². The van der Waals surface area contributed by atoms with E-state index < -0.39 is 23.8 Å². The van der Waals surface area contributed by atoms with Crippen molar-refractivity contribution in [2.45, 2.75) is 25.0 Å². The minimum absolute atomic E-state index is 0.155. The van der Waals surface area contributed by atoms with Crippen LogP contribution < -0.4 is 11.1 Å². The van der Waals surface area contributed by atoms with Crippen molar-refractivity contribution in [3.63, 3.8) is 0 Å². The summed E-state index contributed by atoms with van der Waals surface area (Å²) in [4.78, 5) is 37.1. The van der Waals surface area contributed by atoms with Gasteiger partial charge in [-0.3, -0.25) is 4.79 Å². The van der Waals surface area contributed by atoms with E-state index in [9.17, 15) is 14.0 Å². The summed E-state index contributed by atoms with van der Waals surface area (Å²) >= 11 is 0. The van der Waals surface area contributed by atoms with Gasteiger partial charge in [0.1, 0.15) is 17.2 Å². The summed E-state index contributed by atoms with van der Waals surface area (Å²) in [5.41, 5.74) is 7.22. The predicted octanol–water partition coefficient (Wildman–Crippen LogP) is 3.26. The van der Waals surface area contributed by atoms with E-state index in [0.29, 0.717) is 22.6 Å². The molecule has 0 unspecified atom stereocenters. The van der Waals surface area contributed by atoms with E-state index in [1.165, 1.54) is 30.5 Å². The van der Waals surface area contributed by atoms with Crippen LogP contribution >= 0.6 is 0 Å². The van der Waals surface area contributed by atoms with Crippen LogP contribution in [0.15, 0.2) is 67.0 Å². The second-order valence-electron chi connectivity index (χ2n) is 9.30. The monoisotopic (exact) mass is 530 g/mol. The van der Waals surface area contributed by atoms with Gasteiger partial charge in [-0.05, 0) is 57.2 Å². The third kappa shape index (κ3) is 6.07. The normalized spacial score (nSPS) is 15.0. The number of anilines is 2. The summed E-state index contributed by atoms with van der Waals surface area (Å²) in [5, 5.41) is 11.1. The molecule has 0 radical (unpaired) electrons. The molecule has 3 N–H and O–H groups in total. The van der Waals surface area contributed by atoms with Crippen molar-refractivity contribution in [2.75, 3.05) is 31.2 Å². The van der Waals surface area contributed by atoms with Gasteiger partial charge in [-0.2, -0.15) is 0 Å². The van der Waals surface area contributed by atoms with Crippen LogP contribution in [0.2, 0.25) is 0 Å². The minimum atomic E-state index is -1.33. The number of hydrogen-bond acceptors (Lipinski definition) is 9. The molecule has 2 aromatic carbocycles. The topological polar surface area (TPSA) is 141 Å². The smallest absolute Gasteiger partial charge is 0.361 e. The van der Waals surface area contributed by atoms with Gasteiger partial charge in [-0.25, -0.2) is 23.8 Å². The first-order valence-corrected chi connectivity index (χ1v) is 12.4. The number of nitrogens with one attached hydrogen (secondary N) is 1. The second kappa shape index (κ2) is 11.4. The molecule has 1 aliphatic rings. The molecule has 0 saturated carbocycles. The number of hydrogen-bond donors (Lipinski definition) is 2. The van der Waals surface area contributed by atoms with Gasteiger partial charge < -0.3 is 20.7 Å². The SMILES string of the molecule is CN1CCC(n2cc(-c3cnc(N)c(C(=O)O[C@@H](C(=O)Nc4ccc(F)cc4)c4ccccc4)n3)nn2)CC1. The molecule has 0 spiro atoms. The maximum Gasteiger partial charge on any atom is 0.361 e. The minimum Gasteiger partial charge on any atom is -0.442 e. The molecule has 0 aliphatic carbocycles. The molecule has 39 heavy (non-hydrogen) atoms. The molecule has 5 rings (SSSR count). The maximum atomic E-state index is 13.3. The van der Waals surface area contributed by atoms with Crippen molar-refractivity contribution in [2.24, 2.45) is 0 Å². The predicted molar refractivity (Wildman–Crippen MR) is 141 cm³/mol. The molecular formula is C27H27FN8O3. The summed E-state index contributed by atoms with van der Waals surface area (Å²) in [6, 6.07) is 13.9. The maximum absolute atomic E-state index is 13.3. The van der Waals surface area contributed by atoms with Crippen LogP contribution in [-0.4, -0.2) is 61.9 Å². The fraction of sp³-hybridized carbons (Fsp3) is 0.259. The van der Waals surface area contributed by atoms with Gasteiger partial charge in [-0.15, -0.1) is 5.10 Å². The van der Waals surface area contributed by atoms with E-state index in [-0.39, 0.29) is 17.6 Å². The van der Waals surface area contributed by atoms with E-state index in [0.717, 1.165) is 25.9 Å². The highest BCUT2D eigenvalue weighted by Gasteiger charge is 2.28. The summed E-state index contributed by atoms with van der Waals surface area (Å²) in [6.07, 6.45) is 3.74. The Labute approximate surface area is 223 Å². The number of rotatable bonds is 7. The lowest BCUT2D eigenvalue weighted by Gasteiger charge is -2.28. The van der Waals surface area contributed by atoms with Crippen LogP contribution in [0.25, 0.3) is 11.4 Å². The number of carbonyl (C=O) groups excluding carboxylic acids is 2. The lowest BCUT2D eigenvalue weighted by Crippen LogP contribution is -2.31. The van der Waals surface area contributed by atoms with Gasteiger partial charge in [0.15, 0.2) is 11.5 Å². The molecule has 0 bridgehead atoms. The summed E-state index contributed by atoms with van der Waals surface area (Å²) in [5.74, 6) is -2.17. The van der Waals surface area contributed by atoms with Crippen LogP contribution in [0.3, 0.4) is 0 Å². The second-order valence-corrected chi connectivity index (χ2v) is 9.30. The molecule has 3 heterocycles. The summed E-state index contributed by atoms with van der Waals surface area (Å²) in [7, 11) is 2.09. The Balaban J connectivity index is 1.37. The van der Waals surface area contributed by atoms with Crippen LogP contribution in [-0.2, 0) is 9.53 Å². The number of ether oxygens (including phenoxy) is 1. The Hall–Kier alpha value is -4.71. The Bertz CT molecular complexity index is 1450. The van der Waals surface area contributed by atoms with Crippen LogP contribution in [0, 0.1) is 5.82 Å². The summed E-state index contributed by atoms with van der Waals surface area (Å²) < 4.78 is 20.7. The molecule has 200 valence electrons. The Morgan fingerprint density at radius 3 is 2.51 bits per heavy atom. The van der Waals surface area contributed by atoms with Gasteiger partial charge in [0.25, 0.3) is 5.91 Å². The van der Waals surface area contributed by atoms with Crippen molar-refractivity contribution in [1.29, 1.82) is 0 Å². The zero-order valence-electron chi connectivity index (χ0n) is 21.2. The number of nitrogens with two attached hydrogens (primary N) is 1. The largest absolute Gasteiger partial charge is 0.442 e. The van der Waals surface area contributed by atoms with Crippen LogP contribution in [0.5, 0.6) is 0 Å². The third-order valence-corrected chi connectivity index (χ3v) is 6.51. The molecule has 1 saturated heterocycles. The zero-order valence-corrected chi connectivity index (χ0v) is 21.2. The average molecular weight is 531 g/mol. The van der Waals surface area contributed by atoms with E-state index in [2.05, 4.69) is 37.5 Å². The molecule has 1 amide bonds. The number of benzene rings is 2. The number of nitrogen functional groups attached to an aromatic ring is 1. The van der Waals surface area contributed by atoms with Gasteiger partial charge in [-0.1, -0.05) is 35.5 Å². The number of esters is 1. The van der Waals surface area contributed by atoms with Crippen molar-refractivity contribution < 1.29 is 18.7 Å². The number of likely N-dealkylation sites (tertiary alicyclic amines) is 1. The molecule has 1 atom stereocenters. The highest BCUT2D eigenvalue weighted by molar-refractivity contribution is 5.99. The molecule has 12 heteroatoms. The highest BCUT2D eigenvalue weighted by Crippen LogP contribution is 2.25. The standard InChI is InChI=1S/C27H27FN8O3/c1-35-13-11-20(12-14-35)36-16-22(33-34-36)21-15-30-25(29)23(32-21)27(38)39-24(17-5-3-2-4-6-17)26(37)31-19-9-7-18(28)8-10-19/h2-10,15-16,20,24H,11-14H2,1H3,(H2,29,30)(H,31,37)/t24-/m1/s1. The molecule has 2 aromatic heterocycles. The van der Waals surface area contributed by atoms with Crippen molar-refractivity contribution in [1.82, 2.24) is 29.9 Å². The number of piperidine rings is 1. The molecular weight excluding hydrogens is 503 g/mol. The third-order valence-electron chi connectivity index (χ3n) is 6.51. The van der Waals surface area contributed by atoms with Gasteiger partial charge >= 0.3 is 5.97 Å². The van der Waals surface area contributed by atoms with Crippen LogP contribution in [0.4, 0.5) is 15.9 Å². The fourth-order valence-electron chi connectivity index (χ4n) is 4.31.